The molecule has 1 N–H and O–H groups in total. The zero-order valence-corrected chi connectivity index (χ0v) is 8.25. The molecule has 0 radical (unpaired) electrons. The molecule has 0 aliphatic carbocycles. The van der Waals surface area contributed by atoms with E-state index in [1.807, 2.05) is 0 Å². The van der Waals surface area contributed by atoms with Gasteiger partial charge >= 0.3 is 5.97 Å². The Morgan fingerprint density at radius 2 is 2.40 bits per heavy atom. The molecule has 0 fully saturated rings. The lowest BCUT2D eigenvalue weighted by Crippen LogP contribution is -2.20. The number of oxime groups is 1. The molecule has 1 rings (SSSR count). The van der Waals surface area contributed by atoms with E-state index < -0.39 is 5.97 Å². The first-order valence-corrected chi connectivity index (χ1v) is 4.41. The van der Waals surface area contributed by atoms with E-state index in [1.165, 1.54) is 12.4 Å². The fourth-order valence-electron chi connectivity index (χ4n) is 0.979. The molecule has 0 saturated heterocycles. The first kappa shape index (κ1) is 11.1. The number of hydrogen-bond acceptors (Lipinski definition) is 6. The summed E-state index contributed by atoms with van der Waals surface area (Å²) in [7, 11) is 0. The second-order valence-electron chi connectivity index (χ2n) is 2.69. The molecule has 0 unspecified atom stereocenters. The minimum atomic E-state index is -0.628. The van der Waals surface area contributed by atoms with Crippen LogP contribution in [0.25, 0.3) is 0 Å². The minimum Gasteiger partial charge on any atom is -0.461 e. The maximum Gasteiger partial charge on any atom is 0.356 e. The normalized spacial score (nSPS) is 11.1. The van der Waals surface area contributed by atoms with Crippen molar-refractivity contribution in [3.63, 3.8) is 0 Å². The Morgan fingerprint density at radius 1 is 1.60 bits per heavy atom. The van der Waals surface area contributed by atoms with Crippen molar-refractivity contribution in [1.29, 1.82) is 0 Å². The van der Waals surface area contributed by atoms with Gasteiger partial charge in [-0.25, -0.2) is 4.79 Å². The van der Waals surface area contributed by atoms with Gasteiger partial charge in [-0.3, -0.25) is 0 Å². The molecule has 1 heterocycles. The Morgan fingerprint density at radius 3 is 2.93 bits per heavy atom. The van der Waals surface area contributed by atoms with Gasteiger partial charge in [0.2, 0.25) is 0 Å². The van der Waals surface area contributed by atoms with Gasteiger partial charge in [0.15, 0.2) is 5.71 Å². The zero-order valence-electron chi connectivity index (χ0n) is 8.25. The second kappa shape index (κ2) is 5.69. The molecule has 0 spiro atoms. The van der Waals surface area contributed by atoms with Crippen LogP contribution >= 0.6 is 0 Å². The number of aromatic nitrogens is 2. The standard InChI is InChI=1S/C9H11N3O3/c1-2-15-9(13)8(12-14)5-7-3-4-10-11-6-7/h3-4,6,14H,2,5H2,1H3/b12-8+. The van der Waals surface area contributed by atoms with E-state index in [2.05, 4.69) is 15.4 Å². The number of carbonyl (C=O) groups is 1. The van der Waals surface area contributed by atoms with Crippen molar-refractivity contribution in [2.45, 2.75) is 13.3 Å². The predicted octanol–water partition coefficient (Wildman–Crippen LogP) is 0.412. The maximum atomic E-state index is 11.2. The van der Waals surface area contributed by atoms with E-state index in [1.54, 1.807) is 13.0 Å². The van der Waals surface area contributed by atoms with Crippen LogP contribution in [-0.4, -0.2) is 33.7 Å². The second-order valence-corrected chi connectivity index (χ2v) is 2.69. The summed E-state index contributed by atoms with van der Waals surface area (Å²) in [5.74, 6) is -0.628. The molecule has 0 amide bonds. The van der Waals surface area contributed by atoms with Gasteiger partial charge in [-0.05, 0) is 18.6 Å². The first-order chi connectivity index (χ1) is 7.27. The number of rotatable bonds is 4. The van der Waals surface area contributed by atoms with Crippen LogP contribution in [0.1, 0.15) is 12.5 Å². The summed E-state index contributed by atoms with van der Waals surface area (Å²) in [6, 6.07) is 1.68. The molecule has 0 aliphatic rings. The summed E-state index contributed by atoms with van der Waals surface area (Å²) in [6.07, 6.45) is 3.16. The Balaban J connectivity index is 2.67. The van der Waals surface area contributed by atoms with E-state index in [-0.39, 0.29) is 18.7 Å². The Bertz CT molecular complexity index is 351. The molecule has 15 heavy (non-hydrogen) atoms. The van der Waals surface area contributed by atoms with Crippen molar-refractivity contribution in [3.8, 4) is 0 Å². The van der Waals surface area contributed by atoms with Crippen molar-refractivity contribution >= 4 is 11.7 Å². The fourth-order valence-corrected chi connectivity index (χ4v) is 0.979. The third-order valence-corrected chi connectivity index (χ3v) is 1.65. The lowest BCUT2D eigenvalue weighted by Gasteiger charge is -2.03. The molecule has 6 nitrogen and oxygen atoms in total. The summed E-state index contributed by atoms with van der Waals surface area (Å²) in [5, 5.41) is 18.8. The lowest BCUT2D eigenvalue weighted by molar-refractivity contribution is -0.135. The van der Waals surface area contributed by atoms with Gasteiger partial charge in [0, 0.05) is 12.6 Å². The Labute approximate surface area is 86.6 Å². The molecule has 0 saturated carbocycles. The van der Waals surface area contributed by atoms with Crippen LogP contribution in [0.2, 0.25) is 0 Å². The number of hydrogen-bond donors (Lipinski definition) is 1. The van der Waals surface area contributed by atoms with E-state index in [9.17, 15) is 4.79 Å². The summed E-state index contributed by atoms with van der Waals surface area (Å²) in [5.41, 5.74) is 0.677. The molecule has 1 aromatic heterocycles. The highest BCUT2D eigenvalue weighted by molar-refractivity contribution is 6.36. The van der Waals surface area contributed by atoms with Crippen LogP contribution in [0.15, 0.2) is 23.6 Å². The van der Waals surface area contributed by atoms with Crippen molar-refractivity contribution in [1.82, 2.24) is 10.2 Å². The van der Waals surface area contributed by atoms with E-state index >= 15 is 0 Å². The van der Waals surface area contributed by atoms with Crippen LogP contribution in [0.3, 0.4) is 0 Å². The molecule has 6 heteroatoms. The Kier molecular flexibility index (Phi) is 4.21. The van der Waals surface area contributed by atoms with E-state index in [4.69, 9.17) is 9.94 Å². The highest BCUT2D eigenvalue weighted by atomic mass is 16.5. The molecular formula is C9H11N3O3. The van der Waals surface area contributed by atoms with Crippen LogP contribution in [0.4, 0.5) is 0 Å². The van der Waals surface area contributed by atoms with E-state index in [0.717, 1.165) is 5.56 Å². The molecule has 0 aromatic carbocycles. The number of nitrogens with zero attached hydrogens (tertiary/aromatic N) is 3. The molecule has 0 aliphatic heterocycles. The van der Waals surface area contributed by atoms with Gasteiger partial charge in [0.1, 0.15) is 0 Å². The van der Waals surface area contributed by atoms with Crippen molar-refractivity contribution in [2.24, 2.45) is 5.16 Å². The highest BCUT2D eigenvalue weighted by Crippen LogP contribution is 1.99. The summed E-state index contributed by atoms with van der Waals surface area (Å²) >= 11 is 0. The average Bonchev–Trinajstić information content (AvgIpc) is 2.27. The summed E-state index contributed by atoms with van der Waals surface area (Å²) < 4.78 is 4.70. The van der Waals surface area contributed by atoms with Gasteiger partial charge in [-0.2, -0.15) is 10.2 Å². The number of carbonyl (C=O) groups excluding carboxylic acids is 1. The van der Waals surface area contributed by atoms with Gasteiger partial charge in [0.05, 0.1) is 12.8 Å². The van der Waals surface area contributed by atoms with Gasteiger partial charge in [-0.1, -0.05) is 5.16 Å². The van der Waals surface area contributed by atoms with Crippen LogP contribution in [0.5, 0.6) is 0 Å². The SMILES string of the molecule is CCOC(=O)/C(Cc1ccnnc1)=N/O. The Hall–Kier alpha value is -1.98. The van der Waals surface area contributed by atoms with Gasteiger partial charge in [-0.15, -0.1) is 0 Å². The third kappa shape index (κ3) is 3.34. The van der Waals surface area contributed by atoms with Gasteiger partial charge in [0.25, 0.3) is 0 Å². The quantitative estimate of drug-likeness (QED) is 0.336. The van der Waals surface area contributed by atoms with Crippen molar-refractivity contribution < 1.29 is 14.7 Å². The monoisotopic (exact) mass is 209 g/mol. The topological polar surface area (TPSA) is 84.7 Å². The molecule has 80 valence electrons. The van der Waals surface area contributed by atoms with Crippen molar-refractivity contribution in [2.75, 3.05) is 6.61 Å². The maximum absolute atomic E-state index is 11.2. The van der Waals surface area contributed by atoms with Crippen LogP contribution in [0, 0.1) is 0 Å². The first-order valence-electron chi connectivity index (χ1n) is 4.41. The highest BCUT2D eigenvalue weighted by Gasteiger charge is 2.13. The third-order valence-electron chi connectivity index (χ3n) is 1.65. The summed E-state index contributed by atoms with van der Waals surface area (Å²) in [6.45, 7) is 1.92. The predicted molar refractivity (Wildman–Crippen MR) is 51.6 cm³/mol. The van der Waals surface area contributed by atoms with Crippen LogP contribution in [-0.2, 0) is 16.0 Å². The number of esters is 1. The smallest absolute Gasteiger partial charge is 0.356 e. The van der Waals surface area contributed by atoms with Crippen molar-refractivity contribution in [3.05, 3.63) is 24.0 Å². The summed E-state index contributed by atoms with van der Waals surface area (Å²) in [4.78, 5) is 11.2. The molecular weight excluding hydrogens is 198 g/mol. The lowest BCUT2D eigenvalue weighted by atomic mass is 10.1. The van der Waals surface area contributed by atoms with E-state index in [0.29, 0.717) is 0 Å². The molecule has 1 aromatic rings. The minimum absolute atomic E-state index is 0.0511. The molecule has 0 bridgehead atoms. The zero-order chi connectivity index (χ0) is 11.1. The largest absolute Gasteiger partial charge is 0.461 e. The molecule has 0 atom stereocenters. The van der Waals surface area contributed by atoms with Gasteiger partial charge < -0.3 is 9.94 Å². The fraction of sp³-hybridized carbons (Fsp3) is 0.333. The average molecular weight is 209 g/mol. The van der Waals surface area contributed by atoms with Crippen LogP contribution < -0.4 is 0 Å². The number of ether oxygens (including phenoxy) is 1.